The fourth-order valence-corrected chi connectivity index (χ4v) is 2.13. The molecule has 1 atom stereocenters. The van der Waals surface area contributed by atoms with Crippen LogP contribution < -0.4 is 5.32 Å². The first kappa shape index (κ1) is 15.4. The van der Waals surface area contributed by atoms with E-state index >= 15 is 0 Å². The molecule has 112 valence electrons. The van der Waals surface area contributed by atoms with Crippen molar-refractivity contribution in [3.8, 4) is 0 Å². The van der Waals surface area contributed by atoms with Crippen LogP contribution in [0.2, 0.25) is 0 Å². The maximum Gasteiger partial charge on any atom is 0.416 e. The van der Waals surface area contributed by atoms with Gasteiger partial charge in [-0.15, -0.1) is 0 Å². The summed E-state index contributed by atoms with van der Waals surface area (Å²) in [5.41, 5.74) is -0.675. The third kappa shape index (κ3) is 3.39. The number of alkyl halides is 3. The minimum atomic E-state index is -4.49. The van der Waals surface area contributed by atoms with Crippen LogP contribution in [0.3, 0.4) is 0 Å². The van der Waals surface area contributed by atoms with E-state index in [1.165, 1.54) is 19.2 Å². The van der Waals surface area contributed by atoms with E-state index in [1.807, 2.05) is 0 Å². The first-order chi connectivity index (χ1) is 9.82. The van der Waals surface area contributed by atoms with Crippen LogP contribution in [0.4, 0.5) is 22.0 Å². The summed E-state index contributed by atoms with van der Waals surface area (Å²) >= 11 is 0. The van der Waals surface area contributed by atoms with Gasteiger partial charge in [-0.2, -0.15) is 13.2 Å². The average molecular weight is 301 g/mol. The molecule has 0 aliphatic carbocycles. The molecule has 2 aromatic rings. The van der Waals surface area contributed by atoms with Gasteiger partial charge >= 0.3 is 6.18 Å². The quantitative estimate of drug-likeness (QED) is 0.834. The van der Waals surface area contributed by atoms with Crippen LogP contribution in [0.25, 0.3) is 0 Å². The molecule has 0 fully saturated rings. The van der Waals surface area contributed by atoms with Crippen molar-refractivity contribution >= 4 is 0 Å². The lowest BCUT2D eigenvalue weighted by atomic mass is 9.96. The smallest absolute Gasteiger partial charge is 0.309 e. The minimum Gasteiger partial charge on any atom is -0.309 e. The van der Waals surface area contributed by atoms with E-state index in [4.69, 9.17) is 0 Å². The predicted molar refractivity (Wildman–Crippen MR) is 68.7 cm³/mol. The van der Waals surface area contributed by atoms with Crippen LogP contribution in [-0.2, 0) is 6.18 Å². The van der Waals surface area contributed by atoms with E-state index in [1.54, 1.807) is 0 Å². The van der Waals surface area contributed by atoms with Crippen LogP contribution in [0.5, 0.6) is 0 Å². The molecule has 2 rings (SSSR count). The molecular formula is C15H12F5N. The van der Waals surface area contributed by atoms with Crippen LogP contribution >= 0.6 is 0 Å². The first-order valence-corrected chi connectivity index (χ1v) is 6.12. The fraction of sp³-hybridized carbons (Fsp3) is 0.200. The van der Waals surface area contributed by atoms with Crippen LogP contribution in [0, 0.1) is 11.6 Å². The highest BCUT2D eigenvalue weighted by Crippen LogP contribution is 2.32. The summed E-state index contributed by atoms with van der Waals surface area (Å²) < 4.78 is 65.2. The zero-order valence-electron chi connectivity index (χ0n) is 11.0. The molecule has 0 saturated heterocycles. The second kappa shape index (κ2) is 5.81. The van der Waals surface area contributed by atoms with Gasteiger partial charge in [-0.05, 0) is 42.9 Å². The SMILES string of the molecule is CNC(c1cccc(C(F)(F)F)c1)c1cc(F)ccc1F. The monoisotopic (exact) mass is 301 g/mol. The highest BCUT2D eigenvalue weighted by atomic mass is 19.4. The van der Waals surface area contributed by atoms with Gasteiger partial charge in [0.25, 0.3) is 0 Å². The third-order valence-corrected chi connectivity index (χ3v) is 3.11. The summed E-state index contributed by atoms with van der Waals surface area (Å²) in [5.74, 6) is -1.34. The molecule has 0 aliphatic rings. The topological polar surface area (TPSA) is 12.0 Å². The number of hydrogen-bond acceptors (Lipinski definition) is 1. The normalized spacial score (nSPS) is 13.2. The summed E-state index contributed by atoms with van der Waals surface area (Å²) in [5, 5.41) is 2.71. The summed E-state index contributed by atoms with van der Waals surface area (Å²) in [4.78, 5) is 0. The standard InChI is InChI=1S/C15H12F5N/c1-21-14(12-8-11(16)5-6-13(12)17)9-3-2-4-10(7-9)15(18,19)20/h2-8,14,21H,1H3. The molecule has 0 saturated carbocycles. The maximum atomic E-state index is 13.8. The largest absolute Gasteiger partial charge is 0.416 e. The molecule has 0 spiro atoms. The molecule has 0 aromatic heterocycles. The van der Waals surface area contributed by atoms with Crippen LogP contribution in [-0.4, -0.2) is 7.05 Å². The summed E-state index contributed by atoms with van der Waals surface area (Å²) in [6.07, 6.45) is -4.49. The van der Waals surface area contributed by atoms with Crippen LogP contribution in [0.15, 0.2) is 42.5 Å². The number of halogens is 5. The summed E-state index contributed by atoms with van der Waals surface area (Å²) in [6, 6.07) is 6.52. The lowest BCUT2D eigenvalue weighted by molar-refractivity contribution is -0.137. The molecule has 0 radical (unpaired) electrons. The Bertz CT molecular complexity index is 636. The second-order valence-electron chi connectivity index (χ2n) is 4.51. The Morgan fingerprint density at radius 1 is 1.00 bits per heavy atom. The molecule has 1 nitrogen and oxygen atoms in total. The van der Waals surface area contributed by atoms with Gasteiger partial charge in [-0.1, -0.05) is 12.1 Å². The molecule has 21 heavy (non-hydrogen) atoms. The highest BCUT2D eigenvalue weighted by Gasteiger charge is 2.31. The van der Waals surface area contributed by atoms with Crippen molar-refractivity contribution in [2.24, 2.45) is 0 Å². The first-order valence-electron chi connectivity index (χ1n) is 6.12. The maximum absolute atomic E-state index is 13.8. The molecule has 6 heteroatoms. The molecule has 0 heterocycles. The van der Waals surface area contributed by atoms with Crippen molar-refractivity contribution in [3.05, 3.63) is 70.8 Å². The van der Waals surface area contributed by atoms with Gasteiger partial charge in [-0.25, -0.2) is 8.78 Å². The Balaban J connectivity index is 2.49. The minimum absolute atomic E-state index is 0.0446. The average Bonchev–Trinajstić information content (AvgIpc) is 2.43. The Morgan fingerprint density at radius 3 is 2.33 bits per heavy atom. The summed E-state index contributed by atoms with van der Waals surface area (Å²) in [7, 11) is 1.47. The van der Waals surface area contributed by atoms with E-state index in [9.17, 15) is 22.0 Å². The van der Waals surface area contributed by atoms with Gasteiger partial charge in [0.15, 0.2) is 0 Å². The molecule has 0 aliphatic heterocycles. The molecule has 0 bridgehead atoms. The second-order valence-corrected chi connectivity index (χ2v) is 4.51. The molecule has 1 unspecified atom stereocenters. The lowest BCUT2D eigenvalue weighted by Crippen LogP contribution is -2.20. The number of rotatable bonds is 3. The zero-order valence-corrected chi connectivity index (χ0v) is 11.0. The van der Waals surface area contributed by atoms with E-state index in [0.29, 0.717) is 0 Å². The van der Waals surface area contributed by atoms with Crippen molar-refractivity contribution in [1.29, 1.82) is 0 Å². The van der Waals surface area contributed by atoms with Crippen molar-refractivity contribution in [3.63, 3.8) is 0 Å². The van der Waals surface area contributed by atoms with Gasteiger partial charge in [-0.3, -0.25) is 0 Å². The fourth-order valence-electron chi connectivity index (χ4n) is 2.13. The number of hydrogen-bond donors (Lipinski definition) is 1. The van der Waals surface area contributed by atoms with E-state index in [0.717, 1.165) is 30.3 Å². The van der Waals surface area contributed by atoms with Gasteiger partial charge in [0.1, 0.15) is 11.6 Å². The Kier molecular flexibility index (Phi) is 4.27. The van der Waals surface area contributed by atoms with Gasteiger partial charge in [0, 0.05) is 5.56 Å². The number of benzene rings is 2. The molecular weight excluding hydrogens is 289 g/mol. The van der Waals surface area contributed by atoms with Crippen LogP contribution in [0.1, 0.15) is 22.7 Å². The van der Waals surface area contributed by atoms with Crippen molar-refractivity contribution in [2.75, 3.05) is 7.05 Å². The van der Waals surface area contributed by atoms with E-state index in [2.05, 4.69) is 5.32 Å². The Labute approximate surface area is 118 Å². The summed E-state index contributed by atoms with van der Waals surface area (Å²) in [6.45, 7) is 0. The Morgan fingerprint density at radius 2 is 1.71 bits per heavy atom. The number of nitrogens with one attached hydrogen (secondary N) is 1. The van der Waals surface area contributed by atoms with Gasteiger partial charge < -0.3 is 5.32 Å². The zero-order chi connectivity index (χ0) is 15.6. The Hall–Kier alpha value is -1.95. The third-order valence-electron chi connectivity index (χ3n) is 3.11. The van der Waals surface area contributed by atoms with Crippen molar-refractivity contribution in [1.82, 2.24) is 5.32 Å². The van der Waals surface area contributed by atoms with E-state index in [-0.39, 0.29) is 11.1 Å². The molecule has 2 aromatic carbocycles. The van der Waals surface area contributed by atoms with Gasteiger partial charge in [0.2, 0.25) is 0 Å². The highest BCUT2D eigenvalue weighted by molar-refractivity contribution is 5.36. The molecule has 0 amide bonds. The predicted octanol–water partition coefficient (Wildman–Crippen LogP) is 4.29. The van der Waals surface area contributed by atoms with E-state index < -0.39 is 29.4 Å². The van der Waals surface area contributed by atoms with Gasteiger partial charge in [0.05, 0.1) is 11.6 Å². The van der Waals surface area contributed by atoms with Crippen molar-refractivity contribution < 1.29 is 22.0 Å². The molecule has 1 N–H and O–H groups in total. The lowest BCUT2D eigenvalue weighted by Gasteiger charge is -2.19. The van der Waals surface area contributed by atoms with Crippen molar-refractivity contribution in [2.45, 2.75) is 12.2 Å².